The third-order valence-electron chi connectivity index (χ3n) is 5.55. The first-order valence-electron chi connectivity index (χ1n) is 11.2. The summed E-state index contributed by atoms with van der Waals surface area (Å²) in [6.45, 7) is 2.41. The molecular weight excluding hydrogens is 433 g/mol. The molecule has 0 aliphatic heterocycles. The lowest BCUT2D eigenvalue weighted by atomic mass is 9.96. The molecule has 0 fully saturated rings. The van der Waals surface area contributed by atoms with Gasteiger partial charge in [0.25, 0.3) is 0 Å². The average Bonchev–Trinajstić information content (AvgIpc) is 2.81. The Hall–Kier alpha value is -3.77. The first kappa shape index (κ1) is 26.5. The molecule has 6 N–H and O–H groups in total. The lowest BCUT2D eigenvalue weighted by molar-refractivity contribution is -0.109. The number of hydrogen-bond acceptors (Lipinski definition) is 6. The third kappa shape index (κ3) is 7.12. The summed E-state index contributed by atoms with van der Waals surface area (Å²) in [7, 11) is 1.76. The van der Waals surface area contributed by atoms with Gasteiger partial charge in [0.15, 0.2) is 0 Å². The molecule has 1 aliphatic rings. The van der Waals surface area contributed by atoms with Crippen molar-refractivity contribution in [2.24, 2.45) is 5.73 Å². The van der Waals surface area contributed by atoms with Crippen LogP contribution in [0.4, 0.5) is 4.39 Å². The second-order valence-electron chi connectivity index (χ2n) is 8.04. The van der Waals surface area contributed by atoms with Gasteiger partial charge in [0.1, 0.15) is 17.7 Å². The summed E-state index contributed by atoms with van der Waals surface area (Å²) in [5.41, 5.74) is 9.24. The van der Waals surface area contributed by atoms with Gasteiger partial charge in [-0.15, -0.1) is 0 Å². The minimum absolute atomic E-state index is 0.0713. The highest BCUT2D eigenvalue weighted by Crippen LogP contribution is 2.28. The van der Waals surface area contributed by atoms with E-state index in [2.05, 4.69) is 10.6 Å². The molecule has 9 heteroatoms. The van der Waals surface area contributed by atoms with Gasteiger partial charge >= 0.3 is 0 Å². The van der Waals surface area contributed by atoms with Crippen LogP contribution in [0.1, 0.15) is 50.2 Å². The van der Waals surface area contributed by atoms with E-state index >= 15 is 0 Å². The summed E-state index contributed by atoms with van der Waals surface area (Å²) >= 11 is 0. The molecule has 1 aromatic rings. The zero-order chi connectivity index (χ0) is 25.1. The number of carbonyl (C=O) groups excluding carboxylic acids is 1. The highest BCUT2D eigenvalue weighted by Gasteiger charge is 2.23. The Labute approximate surface area is 200 Å². The van der Waals surface area contributed by atoms with Crippen molar-refractivity contribution >= 4 is 18.0 Å². The van der Waals surface area contributed by atoms with Crippen molar-refractivity contribution in [3.05, 3.63) is 70.5 Å². The number of nitriles is 1. The summed E-state index contributed by atoms with van der Waals surface area (Å²) in [4.78, 5) is 12.1. The molecular formula is C25H32FN7O. The molecule has 1 atom stereocenters. The molecule has 2 rings (SSSR count). The van der Waals surface area contributed by atoms with Crippen LogP contribution < -0.4 is 16.4 Å². The van der Waals surface area contributed by atoms with Gasteiger partial charge in [-0.3, -0.25) is 10.2 Å². The van der Waals surface area contributed by atoms with Crippen molar-refractivity contribution in [1.82, 2.24) is 15.5 Å². The Balaban J connectivity index is 2.34. The molecule has 1 amide bonds. The number of amides is 1. The molecule has 0 saturated carbocycles. The van der Waals surface area contributed by atoms with Crippen molar-refractivity contribution in [3.63, 3.8) is 0 Å². The van der Waals surface area contributed by atoms with Crippen molar-refractivity contribution < 1.29 is 9.18 Å². The second kappa shape index (κ2) is 13.1. The van der Waals surface area contributed by atoms with Gasteiger partial charge in [-0.25, -0.2) is 4.39 Å². The molecule has 0 heterocycles. The number of benzene rings is 1. The fraction of sp³-hybridized carbons (Fsp3) is 0.360. The number of halogens is 1. The highest BCUT2D eigenvalue weighted by atomic mass is 19.1. The van der Waals surface area contributed by atoms with Crippen LogP contribution >= 0.6 is 0 Å². The van der Waals surface area contributed by atoms with E-state index in [0.29, 0.717) is 56.3 Å². The van der Waals surface area contributed by atoms with E-state index in [9.17, 15) is 9.18 Å². The smallest absolute Gasteiger partial charge is 0.207 e. The normalized spacial score (nSPS) is 15.9. The number of carbonyl (C=O) groups is 1. The maximum absolute atomic E-state index is 14.3. The van der Waals surface area contributed by atoms with Gasteiger partial charge in [-0.1, -0.05) is 6.08 Å². The summed E-state index contributed by atoms with van der Waals surface area (Å²) in [6.07, 6.45) is 9.38. The number of rotatable bonds is 11. The predicted octanol–water partition coefficient (Wildman–Crippen LogP) is 3.27. The van der Waals surface area contributed by atoms with Crippen LogP contribution in [0, 0.1) is 28.0 Å². The first-order chi connectivity index (χ1) is 16.3. The van der Waals surface area contributed by atoms with Gasteiger partial charge in [-0.05, 0) is 63.3 Å². The highest BCUT2D eigenvalue weighted by molar-refractivity contribution is 6.03. The van der Waals surface area contributed by atoms with Crippen LogP contribution in [0.5, 0.6) is 0 Å². The quantitative estimate of drug-likeness (QED) is 0.148. The summed E-state index contributed by atoms with van der Waals surface area (Å²) < 4.78 is 14.3. The molecule has 1 aromatic carbocycles. The van der Waals surface area contributed by atoms with E-state index in [1.54, 1.807) is 30.3 Å². The zero-order valence-corrected chi connectivity index (χ0v) is 19.6. The Morgan fingerprint density at radius 3 is 2.79 bits per heavy atom. The molecule has 34 heavy (non-hydrogen) atoms. The monoisotopic (exact) mass is 465 g/mol. The molecule has 0 aromatic heterocycles. The van der Waals surface area contributed by atoms with Gasteiger partial charge in [0, 0.05) is 54.1 Å². The third-order valence-corrected chi connectivity index (χ3v) is 5.55. The fourth-order valence-corrected chi connectivity index (χ4v) is 3.70. The minimum atomic E-state index is -0.670. The van der Waals surface area contributed by atoms with E-state index in [1.807, 2.05) is 19.1 Å². The van der Waals surface area contributed by atoms with Crippen LogP contribution in [0.15, 0.2) is 53.5 Å². The SMILES string of the molecule is CN/C=C1/C=C(N(C(=N)c2ccc(C#N)c(F)c2)/C(C)=C/CCC(N)CCNC=O)CCC1=N. The van der Waals surface area contributed by atoms with E-state index in [4.69, 9.17) is 21.8 Å². The predicted molar refractivity (Wildman–Crippen MR) is 132 cm³/mol. The lowest BCUT2D eigenvalue weighted by Crippen LogP contribution is -2.31. The number of nitrogens with zero attached hydrogens (tertiary/aromatic N) is 2. The summed E-state index contributed by atoms with van der Waals surface area (Å²) in [6, 6.07) is 5.87. The first-order valence-corrected chi connectivity index (χ1v) is 11.2. The van der Waals surface area contributed by atoms with Crippen molar-refractivity contribution in [2.45, 2.75) is 45.1 Å². The van der Waals surface area contributed by atoms with E-state index in [0.717, 1.165) is 17.0 Å². The average molecular weight is 466 g/mol. The van der Waals surface area contributed by atoms with Gasteiger partial charge in [0.2, 0.25) is 6.41 Å². The maximum atomic E-state index is 14.3. The van der Waals surface area contributed by atoms with Crippen LogP contribution in [-0.4, -0.2) is 42.5 Å². The molecule has 0 spiro atoms. The number of nitrogens with one attached hydrogen (secondary N) is 4. The van der Waals surface area contributed by atoms with Gasteiger partial charge in [0.05, 0.1) is 5.56 Å². The lowest BCUT2D eigenvalue weighted by Gasteiger charge is -2.31. The zero-order valence-electron chi connectivity index (χ0n) is 19.6. The molecule has 1 aliphatic carbocycles. The molecule has 180 valence electrons. The van der Waals surface area contributed by atoms with Gasteiger partial charge < -0.3 is 26.7 Å². The number of nitrogens with two attached hydrogens (primary N) is 1. The largest absolute Gasteiger partial charge is 0.393 e. The topological polar surface area (TPSA) is 142 Å². The fourth-order valence-electron chi connectivity index (χ4n) is 3.70. The summed E-state index contributed by atoms with van der Waals surface area (Å²) in [5.74, 6) is -0.587. The summed E-state index contributed by atoms with van der Waals surface area (Å²) in [5, 5.41) is 31.6. The maximum Gasteiger partial charge on any atom is 0.207 e. The van der Waals surface area contributed by atoms with Crippen molar-refractivity contribution in [1.29, 1.82) is 16.1 Å². The Bertz CT molecular complexity index is 1050. The molecule has 0 bridgehead atoms. The Morgan fingerprint density at radius 1 is 1.38 bits per heavy atom. The van der Waals surface area contributed by atoms with E-state index < -0.39 is 5.82 Å². The number of allylic oxidation sites excluding steroid dienone is 5. The second-order valence-corrected chi connectivity index (χ2v) is 8.04. The van der Waals surface area contributed by atoms with E-state index in [1.165, 1.54) is 12.1 Å². The minimum Gasteiger partial charge on any atom is -0.393 e. The van der Waals surface area contributed by atoms with E-state index in [-0.39, 0.29) is 17.4 Å². The van der Waals surface area contributed by atoms with Crippen LogP contribution in [0.2, 0.25) is 0 Å². The Morgan fingerprint density at radius 2 is 2.15 bits per heavy atom. The van der Waals surface area contributed by atoms with Crippen molar-refractivity contribution in [3.8, 4) is 6.07 Å². The van der Waals surface area contributed by atoms with Crippen LogP contribution in [0.25, 0.3) is 0 Å². The molecule has 1 unspecified atom stereocenters. The Kier molecular flexibility index (Phi) is 10.2. The standard InChI is InChI=1S/C25H32FN7O/c1-17(4-3-5-21(28)10-11-32-16-34)33(22-8-9-24(29)20(12-22)15-31-2)25(30)18-6-7-19(14-27)23(26)13-18/h4,6-7,12-13,15-16,21,29-31H,3,5,8-11,28H2,1-2H3,(H,32,34)/b17-4+,20-15-,29-24?,30-25?. The number of hydrogen-bond donors (Lipinski definition) is 5. The van der Waals surface area contributed by atoms with Gasteiger partial charge in [-0.2, -0.15) is 5.26 Å². The van der Waals surface area contributed by atoms with Crippen molar-refractivity contribution in [2.75, 3.05) is 13.6 Å². The molecule has 0 saturated heterocycles. The number of amidine groups is 1. The molecule has 8 nitrogen and oxygen atoms in total. The molecule has 0 radical (unpaired) electrons. The van der Waals surface area contributed by atoms with Crippen LogP contribution in [-0.2, 0) is 4.79 Å². The van der Waals surface area contributed by atoms with Crippen LogP contribution in [0.3, 0.4) is 0 Å².